The van der Waals surface area contributed by atoms with Gasteiger partial charge in [-0.05, 0) is 47.9 Å². The fourth-order valence-electron chi connectivity index (χ4n) is 3.40. The smallest absolute Gasteiger partial charge is 0.0557 e. The van der Waals surface area contributed by atoms with E-state index in [1.165, 1.54) is 36.1 Å². The number of anilines is 1. The zero-order valence-electron chi connectivity index (χ0n) is 11.1. The number of benzene rings is 2. The number of nitrogens with one attached hydrogen (secondary N) is 1. The molecule has 0 amide bonds. The Morgan fingerprint density at radius 1 is 0.842 bits per heavy atom. The molecule has 1 N–H and O–H groups in total. The third-order valence-corrected chi connectivity index (χ3v) is 4.69. The third-order valence-electron chi connectivity index (χ3n) is 4.69. The second-order valence-electron chi connectivity index (χ2n) is 5.81. The van der Waals surface area contributed by atoms with Gasteiger partial charge in [0.25, 0.3) is 0 Å². The third kappa shape index (κ3) is 1.85. The van der Waals surface area contributed by atoms with E-state index in [1.54, 1.807) is 5.56 Å². The summed E-state index contributed by atoms with van der Waals surface area (Å²) >= 11 is 0. The molecule has 19 heavy (non-hydrogen) atoms. The lowest BCUT2D eigenvalue weighted by Gasteiger charge is -2.29. The summed E-state index contributed by atoms with van der Waals surface area (Å²) in [6.45, 7) is 0. The maximum absolute atomic E-state index is 3.69. The molecule has 1 aliphatic heterocycles. The first-order valence-electron chi connectivity index (χ1n) is 7.35. The van der Waals surface area contributed by atoms with E-state index in [-0.39, 0.29) is 0 Å². The molecule has 96 valence electrons. The van der Waals surface area contributed by atoms with Crippen molar-refractivity contribution in [2.75, 3.05) is 5.32 Å². The van der Waals surface area contributed by atoms with Crippen LogP contribution < -0.4 is 5.32 Å². The molecule has 2 aromatic carbocycles. The quantitative estimate of drug-likeness (QED) is 0.816. The van der Waals surface area contributed by atoms with Crippen molar-refractivity contribution < 1.29 is 0 Å². The molecule has 1 heterocycles. The number of fused-ring (bicyclic) bond motifs is 1. The maximum Gasteiger partial charge on any atom is 0.0557 e. The Labute approximate surface area is 114 Å². The van der Waals surface area contributed by atoms with Crippen LogP contribution in [0.2, 0.25) is 0 Å². The minimum absolute atomic E-state index is 0.467. The van der Waals surface area contributed by atoms with E-state index in [4.69, 9.17) is 0 Å². The lowest BCUT2D eigenvalue weighted by molar-refractivity contribution is 0.416. The summed E-state index contributed by atoms with van der Waals surface area (Å²) in [6, 6.07) is 18.2. The largest absolute Gasteiger partial charge is 0.378 e. The number of hydrogen-bond donors (Lipinski definition) is 1. The second-order valence-corrected chi connectivity index (χ2v) is 5.81. The summed E-state index contributed by atoms with van der Waals surface area (Å²) in [7, 11) is 0. The van der Waals surface area contributed by atoms with Gasteiger partial charge in [0.05, 0.1) is 6.04 Å². The Morgan fingerprint density at radius 3 is 2.32 bits per heavy atom. The Morgan fingerprint density at radius 2 is 1.58 bits per heavy atom. The lowest BCUT2D eigenvalue weighted by atomic mass is 9.77. The van der Waals surface area contributed by atoms with Crippen LogP contribution in [0, 0.1) is 0 Å². The number of hydrogen-bond acceptors (Lipinski definition) is 1. The van der Waals surface area contributed by atoms with Crippen LogP contribution in [0.4, 0.5) is 5.69 Å². The topological polar surface area (TPSA) is 12.0 Å². The van der Waals surface area contributed by atoms with Crippen molar-refractivity contribution in [3.05, 3.63) is 65.2 Å². The molecular formula is C18H19N. The fourth-order valence-corrected chi connectivity index (χ4v) is 3.40. The molecule has 0 bridgehead atoms. The first-order chi connectivity index (χ1) is 9.42. The van der Waals surface area contributed by atoms with Crippen molar-refractivity contribution in [2.45, 2.75) is 37.6 Å². The average Bonchev–Trinajstić information content (AvgIpc) is 2.81. The van der Waals surface area contributed by atoms with E-state index in [2.05, 4.69) is 53.8 Å². The van der Waals surface area contributed by atoms with Crippen molar-refractivity contribution >= 4 is 5.69 Å². The van der Waals surface area contributed by atoms with Crippen molar-refractivity contribution in [3.8, 4) is 0 Å². The van der Waals surface area contributed by atoms with Gasteiger partial charge in [0.15, 0.2) is 0 Å². The van der Waals surface area contributed by atoms with Crippen molar-refractivity contribution in [1.82, 2.24) is 0 Å². The van der Waals surface area contributed by atoms with Crippen molar-refractivity contribution in [3.63, 3.8) is 0 Å². The standard InChI is InChI=1S/C18H19N/c1-4-11-17-14(6-1)12-18(19-17)16-10-3-2-9-15(16)13-7-5-8-13/h1-4,6,9-11,13,18-19H,5,7-8,12H2. The minimum atomic E-state index is 0.467. The summed E-state index contributed by atoms with van der Waals surface area (Å²) in [5.74, 6) is 0.807. The molecule has 2 aromatic rings. The minimum Gasteiger partial charge on any atom is -0.378 e. The Hall–Kier alpha value is -1.76. The molecule has 2 aliphatic rings. The second kappa shape index (κ2) is 4.41. The summed E-state index contributed by atoms with van der Waals surface area (Å²) in [5.41, 5.74) is 5.87. The van der Waals surface area contributed by atoms with Crippen LogP contribution in [-0.4, -0.2) is 0 Å². The van der Waals surface area contributed by atoms with Crippen LogP contribution in [0.3, 0.4) is 0 Å². The van der Waals surface area contributed by atoms with Gasteiger partial charge in [0.2, 0.25) is 0 Å². The van der Waals surface area contributed by atoms with Gasteiger partial charge in [-0.1, -0.05) is 48.9 Å². The molecule has 1 heteroatoms. The highest BCUT2D eigenvalue weighted by Crippen LogP contribution is 2.42. The van der Waals surface area contributed by atoms with Crippen molar-refractivity contribution in [2.24, 2.45) is 0 Å². The molecule has 0 aromatic heterocycles. The fraction of sp³-hybridized carbons (Fsp3) is 0.333. The molecule has 4 rings (SSSR count). The molecular weight excluding hydrogens is 230 g/mol. The average molecular weight is 249 g/mol. The van der Waals surface area contributed by atoms with E-state index in [0.717, 1.165) is 12.3 Å². The van der Waals surface area contributed by atoms with Crippen LogP contribution in [0.25, 0.3) is 0 Å². The monoisotopic (exact) mass is 249 g/mol. The van der Waals surface area contributed by atoms with E-state index in [9.17, 15) is 0 Å². The number of para-hydroxylation sites is 1. The van der Waals surface area contributed by atoms with Crippen LogP contribution >= 0.6 is 0 Å². The van der Waals surface area contributed by atoms with Gasteiger partial charge in [0, 0.05) is 5.69 Å². The Kier molecular flexibility index (Phi) is 2.58. The summed E-state index contributed by atoms with van der Waals surface area (Å²) in [4.78, 5) is 0. The molecule has 1 unspecified atom stereocenters. The van der Waals surface area contributed by atoms with Crippen molar-refractivity contribution in [1.29, 1.82) is 0 Å². The maximum atomic E-state index is 3.69. The summed E-state index contributed by atoms with van der Waals surface area (Å²) < 4.78 is 0. The van der Waals surface area contributed by atoms with E-state index >= 15 is 0 Å². The predicted molar refractivity (Wildman–Crippen MR) is 79.5 cm³/mol. The van der Waals surface area contributed by atoms with E-state index in [1.807, 2.05) is 0 Å². The molecule has 0 radical (unpaired) electrons. The molecule has 1 saturated carbocycles. The Balaban J connectivity index is 1.67. The van der Waals surface area contributed by atoms with E-state index < -0.39 is 0 Å². The van der Waals surface area contributed by atoms with Gasteiger partial charge in [-0.2, -0.15) is 0 Å². The van der Waals surface area contributed by atoms with Crippen LogP contribution in [-0.2, 0) is 6.42 Å². The van der Waals surface area contributed by atoms with Crippen LogP contribution in [0.1, 0.15) is 47.9 Å². The normalized spacial score (nSPS) is 21.6. The predicted octanol–water partition coefficient (Wildman–Crippen LogP) is 4.66. The molecule has 0 spiro atoms. The molecule has 1 aliphatic carbocycles. The molecule has 1 atom stereocenters. The molecule has 1 nitrogen and oxygen atoms in total. The Bertz CT molecular complexity index is 573. The van der Waals surface area contributed by atoms with Gasteiger partial charge in [-0.15, -0.1) is 0 Å². The number of rotatable bonds is 2. The molecule has 1 fully saturated rings. The zero-order valence-corrected chi connectivity index (χ0v) is 11.1. The van der Waals surface area contributed by atoms with Gasteiger partial charge in [-0.25, -0.2) is 0 Å². The zero-order chi connectivity index (χ0) is 12.7. The van der Waals surface area contributed by atoms with E-state index in [0.29, 0.717) is 6.04 Å². The highest BCUT2D eigenvalue weighted by molar-refractivity contribution is 5.58. The first-order valence-corrected chi connectivity index (χ1v) is 7.35. The first kappa shape index (κ1) is 11.1. The van der Waals surface area contributed by atoms with Gasteiger partial charge in [-0.3, -0.25) is 0 Å². The SMILES string of the molecule is c1ccc2c(c1)CC(c1ccccc1C1CCC1)N2. The van der Waals surface area contributed by atoms with Gasteiger partial charge < -0.3 is 5.32 Å². The lowest BCUT2D eigenvalue weighted by Crippen LogP contribution is -2.15. The highest BCUT2D eigenvalue weighted by Gasteiger charge is 2.27. The summed E-state index contributed by atoms with van der Waals surface area (Å²) in [6.07, 6.45) is 5.27. The molecule has 0 saturated heterocycles. The van der Waals surface area contributed by atoms with Gasteiger partial charge >= 0.3 is 0 Å². The van der Waals surface area contributed by atoms with Gasteiger partial charge in [0.1, 0.15) is 0 Å². The highest BCUT2D eigenvalue weighted by atomic mass is 14.9. The summed E-state index contributed by atoms with van der Waals surface area (Å²) in [5, 5.41) is 3.69. The van der Waals surface area contributed by atoms with Crippen LogP contribution in [0.5, 0.6) is 0 Å². The van der Waals surface area contributed by atoms with Crippen LogP contribution in [0.15, 0.2) is 48.5 Å².